The highest BCUT2D eigenvalue weighted by molar-refractivity contribution is 5.91. The number of fused-ring (bicyclic) bond motifs is 2. The zero-order chi connectivity index (χ0) is 20.0. The van der Waals surface area contributed by atoms with E-state index < -0.39 is 0 Å². The number of benzene rings is 1. The molecule has 1 aromatic carbocycles. The van der Waals surface area contributed by atoms with Gasteiger partial charge in [0, 0.05) is 25.0 Å². The Labute approximate surface area is 170 Å². The summed E-state index contributed by atoms with van der Waals surface area (Å²) in [6.07, 6.45) is 6.16. The molecule has 2 atom stereocenters. The third kappa shape index (κ3) is 3.26. The van der Waals surface area contributed by atoms with Gasteiger partial charge < -0.3 is 10.6 Å². The number of aliphatic imine (C=N–C) groups is 1. The lowest BCUT2D eigenvalue weighted by Gasteiger charge is -2.36. The summed E-state index contributed by atoms with van der Waals surface area (Å²) in [5.74, 6) is 2.15. The van der Waals surface area contributed by atoms with Gasteiger partial charge in [-0.2, -0.15) is 0 Å². The van der Waals surface area contributed by atoms with Crippen LogP contribution >= 0.6 is 0 Å². The summed E-state index contributed by atoms with van der Waals surface area (Å²) in [5, 5.41) is 7.12. The first-order valence-corrected chi connectivity index (χ1v) is 10.8. The molecule has 1 aromatic rings. The van der Waals surface area contributed by atoms with E-state index in [1.807, 2.05) is 15.9 Å². The van der Waals surface area contributed by atoms with Gasteiger partial charge in [0.15, 0.2) is 6.17 Å². The number of urea groups is 1. The van der Waals surface area contributed by atoms with Gasteiger partial charge in [0.1, 0.15) is 23.2 Å². The van der Waals surface area contributed by atoms with Crippen LogP contribution in [0.25, 0.3) is 0 Å². The lowest BCUT2D eigenvalue weighted by atomic mass is 10.1. The van der Waals surface area contributed by atoms with Gasteiger partial charge in [0.25, 0.3) is 0 Å². The molecule has 0 spiro atoms. The van der Waals surface area contributed by atoms with Gasteiger partial charge >= 0.3 is 6.03 Å². The molecule has 1 saturated carbocycles. The van der Waals surface area contributed by atoms with E-state index >= 15 is 0 Å². The Morgan fingerprint density at radius 2 is 2.10 bits per heavy atom. The standard InChI is InChI=1S/C22H28FN5O/c1-2-10-27-21-18(25-19(26-21)15-7-3-4-8-15)20-24-17(13-28(20)22(27)29)12-14-6-5-9-16(23)11-14/h5-6,9,11,15,17,21,24H,2-4,7-8,10,12-13H2,1H3,(H,25,26). The maximum absolute atomic E-state index is 13.6. The van der Waals surface area contributed by atoms with E-state index in [-0.39, 0.29) is 24.1 Å². The molecule has 5 rings (SSSR count). The number of carbonyl (C=O) groups is 1. The Kier molecular flexibility index (Phi) is 4.68. The molecular weight excluding hydrogens is 369 g/mol. The fourth-order valence-corrected chi connectivity index (χ4v) is 5.05. The van der Waals surface area contributed by atoms with Crippen LogP contribution in [0.1, 0.15) is 44.6 Å². The fourth-order valence-electron chi connectivity index (χ4n) is 5.05. The second-order valence-electron chi connectivity index (χ2n) is 8.52. The summed E-state index contributed by atoms with van der Waals surface area (Å²) >= 11 is 0. The van der Waals surface area contributed by atoms with Crippen LogP contribution in [-0.4, -0.2) is 47.0 Å². The predicted octanol–water partition coefficient (Wildman–Crippen LogP) is 3.17. The minimum Gasteiger partial charge on any atom is -0.365 e. The smallest absolute Gasteiger partial charge is 0.327 e. The average molecular weight is 397 g/mol. The van der Waals surface area contributed by atoms with E-state index in [4.69, 9.17) is 4.99 Å². The van der Waals surface area contributed by atoms with Crippen LogP contribution in [0, 0.1) is 11.7 Å². The van der Waals surface area contributed by atoms with Gasteiger partial charge in [0.05, 0.1) is 0 Å². The first-order valence-electron chi connectivity index (χ1n) is 10.8. The van der Waals surface area contributed by atoms with Crippen LogP contribution in [-0.2, 0) is 6.42 Å². The third-order valence-electron chi connectivity index (χ3n) is 6.40. The van der Waals surface area contributed by atoms with Crippen LogP contribution in [0.2, 0.25) is 0 Å². The summed E-state index contributed by atoms with van der Waals surface area (Å²) in [5.41, 5.74) is 1.94. The number of amidine groups is 1. The van der Waals surface area contributed by atoms with Gasteiger partial charge in [0.2, 0.25) is 0 Å². The van der Waals surface area contributed by atoms with Crippen molar-refractivity contribution in [2.24, 2.45) is 10.9 Å². The highest BCUT2D eigenvalue weighted by atomic mass is 19.1. The highest BCUT2D eigenvalue weighted by Crippen LogP contribution is 2.35. The summed E-state index contributed by atoms with van der Waals surface area (Å²) in [6.45, 7) is 3.36. The minimum absolute atomic E-state index is 0.0167. The van der Waals surface area contributed by atoms with Gasteiger partial charge in [-0.1, -0.05) is 31.9 Å². The molecule has 154 valence electrons. The van der Waals surface area contributed by atoms with Crippen molar-refractivity contribution in [3.63, 3.8) is 0 Å². The zero-order valence-corrected chi connectivity index (χ0v) is 16.8. The first-order chi connectivity index (χ1) is 14.1. The molecule has 4 aliphatic rings. The van der Waals surface area contributed by atoms with Gasteiger partial charge in [-0.15, -0.1) is 0 Å². The summed E-state index contributed by atoms with van der Waals surface area (Å²) in [6, 6.07) is 6.77. The van der Waals surface area contributed by atoms with Crippen molar-refractivity contribution < 1.29 is 9.18 Å². The van der Waals surface area contributed by atoms with Crippen molar-refractivity contribution in [1.82, 2.24) is 20.4 Å². The molecule has 0 radical (unpaired) electrons. The van der Waals surface area contributed by atoms with Crippen molar-refractivity contribution in [1.29, 1.82) is 0 Å². The third-order valence-corrected chi connectivity index (χ3v) is 6.40. The molecule has 7 heteroatoms. The quantitative estimate of drug-likeness (QED) is 0.802. The van der Waals surface area contributed by atoms with Gasteiger partial charge in [-0.3, -0.25) is 9.80 Å². The van der Waals surface area contributed by atoms with E-state index in [2.05, 4.69) is 17.6 Å². The molecule has 0 bridgehead atoms. The molecule has 2 amide bonds. The maximum atomic E-state index is 13.6. The Morgan fingerprint density at radius 3 is 2.86 bits per heavy atom. The number of nitrogens with one attached hydrogen (secondary N) is 2. The van der Waals surface area contributed by atoms with Crippen molar-refractivity contribution in [2.45, 2.75) is 57.7 Å². The van der Waals surface area contributed by atoms with Crippen molar-refractivity contribution in [2.75, 3.05) is 13.1 Å². The maximum Gasteiger partial charge on any atom is 0.327 e. The molecule has 29 heavy (non-hydrogen) atoms. The van der Waals surface area contributed by atoms with Crippen LogP contribution in [0.5, 0.6) is 0 Å². The second-order valence-corrected chi connectivity index (χ2v) is 8.52. The Bertz CT molecular complexity index is 876. The van der Waals surface area contributed by atoms with Crippen molar-refractivity contribution in [3.8, 4) is 0 Å². The molecule has 3 heterocycles. The molecule has 3 aliphatic heterocycles. The molecule has 1 saturated heterocycles. The lowest BCUT2D eigenvalue weighted by molar-refractivity contribution is 0.146. The summed E-state index contributed by atoms with van der Waals surface area (Å²) in [7, 11) is 0. The molecular formula is C22H28FN5O. The Hall–Kier alpha value is -2.57. The topological polar surface area (TPSA) is 60.0 Å². The average Bonchev–Trinajstić information content (AvgIpc) is 3.43. The number of hydrogen-bond acceptors (Lipinski definition) is 4. The molecule has 6 nitrogen and oxygen atoms in total. The van der Waals surface area contributed by atoms with E-state index in [0.717, 1.165) is 29.3 Å². The molecule has 2 unspecified atom stereocenters. The van der Waals surface area contributed by atoms with Crippen molar-refractivity contribution >= 4 is 11.9 Å². The molecule has 0 aromatic heterocycles. The van der Waals surface area contributed by atoms with Crippen LogP contribution in [0.15, 0.2) is 40.8 Å². The largest absolute Gasteiger partial charge is 0.365 e. The number of amides is 2. The van der Waals surface area contributed by atoms with Crippen LogP contribution < -0.4 is 10.6 Å². The van der Waals surface area contributed by atoms with E-state index in [1.54, 1.807) is 12.1 Å². The fraction of sp³-hybridized carbons (Fsp3) is 0.545. The number of halogens is 1. The number of carbonyl (C=O) groups excluding carboxylic acids is 1. The van der Waals surface area contributed by atoms with Gasteiger partial charge in [-0.25, -0.2) is 14.2 Å². The highest BCUT2D eigenvalue weighted by Gasteiger charge is 2.47. The van der Waals surface area contributed by atoms with Gasteiger partial charge in [-0.05, 0) is 43.4 Å². The number of hydrogen-bond donors (Lipinski definition) is 2. The van der Waals surface area contributed by atoms with E-state index in [1.165, 1.54) is 31.7 Å². The minimum atomic E-state index is -0.246. The van der Waals surface area contributed by atoms with E-state index in [0.29, 0.717) is 25.4 Å². The predicted molar refractivity (Wildman–Crippen MR) is 109 cm³/mol. The molecule has 1 aliphatic carbocycles. The second kappa shape index (κ2) is 7.35. The molecule has 2 N–H and O–H groups in total. The number of nitrogens with zero attached hydrogens (tertiary/aromatic N) is 3. The first kappa shape index (κ1) is 18.5. The lowest BCUT2D eigenvalue weighted by Crippen LogP contribution is -2.53. The van der Waals surface area contributed by atoms with Crippen LogP contribution in [0.3, 0.4) is 0 Å². The summed E-state index contributed by atoms with van der Waals surface area (Å²) in [4.78, 5) is 21.9. The molecule has 2 fully saturated rings. The monoisotopic (exact) mass is 397 g/mol. The SMILES string of the molecule is CCCN1C(=O)N2CC(Cc3cccc(F)c3)NC2=C2NC(C3CCCC3)=NC21. The number of rotatable bonds is 5. The zero-order valence-electron chi connectivity index (χ0n) is 16.8. The van der Waals surface area contributed by atoms with Crippen molar-refractivity contribution in [3.05, 3.63) is 47.2 Å². The van der Waals surface area contributed by atoms with E-state index in [9.17, 15) is 9.18 Å². The Morgan fingerprint density at radius 1 is 1.28 bits per heavy atom. The Balaban J connectivity index is 1.42. The summed E-state index contributed by atoms with van der Waals surface area (Å²) < 4.78 is 13.6. The normalized spacial score (nSPS) is 26.4. The van der Waals surface area contributed by atoms with Crippen LogP contribution in [0.4, 0.5) is 9.18 Å².